The molecule has 0 radical (unpaired) electrons. The molecule has 19 heavy (non-hydrogen) atoms. The quantitative estimate of drug-likeness (QED) is 0.846. The van der Waals surface area contributed by atoms with Crippen molar-refractivity contribution in [3.8, 4) is 5.75 Å². The molecule has 2 fully saturated rings. The Balaban J connectivity index is 1.55. The fourth-order valence-electron chi connectivity index (χ4n) is 2.35. The van der Waals surface area contributed by atoms with E-state index < -0.39 is 0 Å². The van der Waals surface area contributed by atoms with E-state index in [4.69, 9.17) is 0 Å². The number of aromatic hydroxyl groups is 1. The molecule has 0 aromatic heterocycles. The molecule has 5 heteroatoms. The average Bonchev–Trinajstić information content (AvgIpc) is 3.23. The molecule has 102 valence electrons. The van der Waals surface area contributed by atoms with Gasteiger partial charge in [-0.05, 0) is 25.0 Å². The molecule has 2 amide bonds. The number of benzene rings is 1. The van der Waals surface area contributed by atoms with Crippen LogP contribution in [0.1, 0.15) is 12.8 Å². The maximum absolute atomic E-state index is 11.9. The maximum Gasteiger partial charge on any atom is 0.317 e. The van der Waals surface area contributed by atoms with Gasteiger partial charge >= 0.3 is 6.03 Å². The average molecular weight is 261 g/mol. The molecule has 5 nitrogen and oxygen atoms in total. The van der Waals surface area contributed by atoms with E-state index in [9.17, 15) is 9.90 Å². The Morgan fingerprint density at radius 1 is 1.21 bits per heavy atom. The molecule has 1 aromatic rings. The molecule has 1 aromatic carbocycles. The molecule has 1 saturated carbocycles. The van der Waals surface area contributed by atoms with Crippen molar-refractivity contribution >= 4 is 11.7 Å². The number of amides is 2. The highest BCUT2D eigenvalue weighted by atomic mass is 16.3. The van der Waals surface area contributed by atoms with Gasteiger partial charge < -0.3 is 20.2 Å². The first-order valence-electron chi connectivity index (χ1n) is 6.82. The Morgan fingerprint density at radius 2 is 1.95 bits per heavy atom. The second-order valence-electron chi connectivity index (χ2n) is 5.22. The van der Waals surface area contributed by atoms with E-state index in [1.54, 1.807) is 12.1 Å². The van der Waals surface area contributed by atoms with Gasteiger partial charge in [0.05, 0.1) is 0 Å². The predicted molar refractivity (Wildman–Crippen MR) is 73.4 cm³/mol. The van der Waals surface area contributed by atoms with Crippen molar-refractivity contribution in [3.63, 3.8) is 0 Å². The predicted octanol–water partition coefficient (Wildman–Crippen LogP) is 1.39. The first-order valence-corrected chi connectivity index (χ1v) is 6.82. The second-order valence-corrected chi connectivity index (χ2v) is 5.22. The summed E-state index contributed by atoms with van der Waals surface area (Å²) in [6.45, 7) is 3.07. The lowest BCUT2D eigenvalue weighted by molar-refractivity contribution is 0.194. The first-order chi connectivity index (χ1) is 9.22. The zero-order chi connectivity index (χ0) is 13.2. The number of rotatable bonds is 2. The number of anilines is 1. The molecular formula is C14H19N3O2. The van der Waals surface area contributed by atoms with Crippen molar-refractivity contribution in [2.24, 2.45) is 0 Å². The van der Waals surface area contributed by atoms with Gasteiger partial charge in [-0.2, -0.15) is 0 Å². The van der Waals surface area contributed by atoms with Crippen LogP contribution in [0.2, 0.25) is 0 Å². The number of carbonyl (C=O) groups is 1. The lowest BCUT2D eigenvalue weighted by Gasteiger charge is -2.36. The van der Waals surface area contributed by atoms with Crippen LogP contribution in [0.15, 0.2) is 24.3 Å². The number of hydrogen-bond acceptors (Lipinski definition) is 3. The third kappa shape index (κ3) is 2.92. The van der Waals surface area contributed by atoms with E-state index in [2.05, 4.69) is 10.2 Å². The number of piperazine rings is 1. The smallest absolute Gasteiger partial charge is 0.317 e. The van der Waals surface area contributed by atoms with Crippen LogP contribution in [0, 0.1) is 0 Å². The summed E-state index contributed by atoms with van der Waals surface area (Å²) in [7, 11) is 0. The van der Waals surface area contributed by atoms with E-state index in [0.717, 1.165) is 44.7 Å². The fourth-order valence-corrected chi connectivity index (χ4v) is 2.35. The molecule has 1 saturated heterocycles. The highest BCUT2D eigenvalue weighted by Gasteiger charge is 2.27. The Hall–Kier alpha value is -1.91. The lowest BCUT2D eigenvalue weighted by Crippen LogP contribution is -2.52. The van der Waals surface area contributed by atoms with Crippen LogP contribution in [-0.2, 0) is 0 Å². The summed E-state index contributed by atoms with van der Waals surface area (Å²) < 4.78 is 0. The van der Waals surface area contributed by atoms with Gasteiger partial charge in [-0.1, -0.05) is 6.07 Å². The van der Waals surface area contributed by atoms with Crippen molar-refractivity contribution in [2.45, 2.75) is 18.9 Å². The van der Waals surface area contributed by atoms with Crippen molar-refractivity contribution in [3.05, 3.63) is 24.3 Å². The molecule has 3 rings (SSSR count). The number of urea groups is 1. The number of carbonyl (C=O) groups excluding carboxylic acids is 1. The minimum absolute atomic E-state index is 0.0676. The maximum atomic E-state index is 11.9. The van der Waals surface area contributed by atoms with E-state index in [1.807, 2.05) is 17.0 Å². The molecule has 1 aliphatic heterocycles. The van der Waals surface area contributed by atoms with Crippen molar-refractivity contribution in [2.75, 3.05) is 31.1 Å². The third-order valence-electron chi connectivity index (χ3n) is 3.67. The van der Waals surface area contributed by atoms with Gasteiger partial charge in [0, 0.05) is 44.0 Å². The topological polar surface area (TPSA) is 55.8 Å². The minimum atomic E-state index is 0.0676. The molecular weight excluding hydrogens is 242 g/mol. The normalized spacial score (nSPS) is 19.4. The van der Waals surface area contributed by atoms with Crippen molar-refractivity contribution < 1.29 is 9.90 Å². The van der Waals surface area contributed by atoms with E-state index >= 15 is 0 Å². The zero-order valence-corrected chi connectivity index (χ0v) is 10.9. The summed E-state index contributed by atoms with van der Waals surface area (Å²) in [5, 5.41) is 12.5. The van der Waals surface area contributed by atoms with E-state index in [0.29, 0.717) is 6.04 Å². The van der Waals surface area contributed by atoms with Gasteiger partial charge in [-0.3, -0.25) is 0 Å². The van der Waals surface area contributed by atoms with Gasteiger partial charge in [0.25, 0.3) is 0 Å². The summed E-state index contributed by atoms with van der Waals surface area (Å²) in [6.07, 6.45) is 2.24. The minimum Gasteiger partial charge on any atom is -0.508 e. The van der Waals surface area contributed by atoms with Gasteiger partial charge in [-0.25, -0.2) is 4.79 Å². The van der Waals surface area contributed by atoms with Crippen molar-refractivity contribution in [1.82, 2.24) is 10.2 Å². The molecule has 1 heterocycles. The number of nitrogens with zero attached hydrogens (tertiary/aromatic N) is 2. The van der Waals surface area contributed by atoms with Gasteiger partial charge in [-0.15, -0.1) is 0 Å². The number of hydrogen-bond donors (Lipinski definition) is 2. The van der Waals surface area contributed by atoms with Gasteiger partial charge in [0.15, 0.2) is 0 Å². The fraction of sp³-hybridized carbons (Fsp3) is 0.500. The molecule has 0 bridgehead atoms. The molecule has 2 N–H and O–H groups in total. The Labute approximate surface area is 112 Å². The highest BCUT2D eigenvalue weighted by Crippen LogP contribution is 2.22. The van der Waals surface area contributed by atoms with Crippen molar-refractivity contribution in [1.29, 1.82) is 0 Å². The van der Waals surface area contributed by atoms with Crippen LogP contribution in [0.5, 0.6) is 5.75 Å². The van der Waals surface area contributed by atoms with Gasteiger partial charge in [0.2, 0.25) is 0 Å². The summed E-state index contributed by atoms with van der Waals surface area (Å²) >= 11 is 0. The number of phenols is 1. The third-order valence-corrected chi connectivity index (χ3v) is 3.67. The van der Waals surface area contributed by atoms with Crippen LogP contribution in [-0.4, -0.2) is 48.3 Å². The SMILES string of the molecule is O=C(NC1CC1)N1CCN(c2cccc(O)c2)CC1. The molecule has 0 spiro atoms. The number of phenolic OH excluding ortho intramolecular Hbond substituents is 1. The van der Waals surface area contributed by atoms with E-state index in [1.165, 1.54) is 0 Å². The lowest BCUT2D eigenvalue weighted by atomic mass is 10.2. The largest absolute Gasteiger partial charge is 0.508 e. The standard InChI is InChI=1S/C14H19N3O2/c18-13-3-1-2-12(10-13)16-6-8-17(9-7-16)14(19)15-11-4-5-11/h1-3,10-11,18H,4-9H2,(H,15,19). The number of nitrogens with one attached hydrogen (secondary N) is 1. The monoisotopic (exact) mass is 261 g/mol. The Bertz CT molecular complexity index is 466. The summed E-state index contributed by atoms with van der Waals surface area (Å²) in [6, 6.07) is 7.74. The van der Waals surface area contributed by atoms with Crippen LogP contribution in [0.4, 0.5) is 10.5 Å². The zero-order valence-electron chi connectivity index (χ0n) is 10.9. The molecule has 1 aliphatic carbocycles. The summed E-state index contributed by atoms with van der Waals surface area (Å²) in [4.78, 5) is 16.0. The van der Waals surface area contributed by atoms with Gasteiger partial charge in [0.1, 0.15) is 5.75 Å². The first kappa shape index (κ1) is 12.1. The van der Waals surface area contributed by atoms with Crippen LogP contribution in [0.25, 0.3) is 0 Å². The van der Waals surface area contributed by atoms with Crippen LogP contribution in [0.3, 0.4) is 0 Å². The second kappa shape index (κ2) is 4.99. The highest BCUT2D eigenvalue weighted by molar-refractivity contribution is 5.75. The molecule has 0 unspecified atom stereocenters. The van der Waals surface area contributed by atoms with Crippen LogP contribution < -0.4 is 10.2 Å². The molecule has 0 atom stereocenters. The summed E-state index contributed by atoms with van der Waals surface area (Å²) in [5.74, 6) is 0.284. The Kier molecular flexibility index (Phi) is 3.19. The molecule has 2 aliphatic rings. The Morgan fingerprint density at radius 3 is 2.58 bits per heavy atom. The van der Waals surface area contributed by atoms with E-state index in [-0.39, 0.29) is 11.8 Å². The van der Waals surface area contributed by atoms with Crippen LogP contribution >= 0.6 is 0 Å². The summed E-state index contributed by atoms with van der Waals surface area (Å²) in [5.41, 5.74) is 1.02.